The Morgan fingerprint density at radius 1 is 1.53 bits per heavy atom. The number of carbonyl (C=O) groups is 1. The predicted molar refractivity (Wildman–Crippen MR) is 81.3 cm³/mol. The highest BCUT2D eigenvalue weighted by atomic mass is 79.9. The molecule has 0 heterocycles. The van der Waals surface area contributed by atoms with E-state index in [0.717, 1.165) is 22.1 Å². The number of anilines is 1. The van der Waals surface area contributed by atoms with Crippen LogP contribution in [-0.2, 0) is 4.79 Å². The predicted octanol–water partition coefficient (Wildman–Crippen LogP) is 2.46. The topological polar surface area (TPSA) is 52.6 Å². The van der Waals surface area contributed by atoms with Gasteiger partial charge in [0.25, 0.3) is 0 Å². The Hall–Kier alpha value is -1.07. The highest BCUT2D eigenvalue weighted by Crippen LogP contribution is 2.28. The number of nitrogens with zero attached hydrogens (tertiary/aromatic N) is 1. The van der Waals surface area contributed by atoms with E-state index in [4.69, 9.17) is 0 Å². The molecule has 1 atom stereocenters. The van der Waals surface area contributed by atoms with Gasteiger partial charge in [-0.15, -0.1) is 0 Å². The molecule has 0 aliphatic carbocycles. The van der Waals surface area contributed by atoms with Crippen LogP contribution in [0.25, 0.3) is 0 Å². The number of aliphatic hydroxyl groups is 1. The van der Waals surface area contributed by atoms with E-state index in [9.17, 15) is 9.90 Å². The van der Waals surface area contributed by atoms with Crippen molar-refractivity contribution in [2.24, 2.45) is 0 Å². The van der Waals surface area contributed by atoms with Gasteiger partial charge in [0.05, 0.1) is 12.6 Å². The van der Waals surface area contributed by atoms with Gasteiger partial charge in [-0.1, -0.05) is 28.9 Å². The van der Waals surface area contributed by atoms with E-state index in [1.54, 1.807) is 6.92 Å². The van der Waals surface area contributed by atoms with Gasteiger partial charge in [0, 0.05) is 29.3 Å². The minimum Gasteiger partial charge on any atom is -0.389 e. The molecule has 1 aromatic carbocycles. The summed E-state index contributed by atoms with van der Waals surface area (Å²) in [6.45, 7) is 4.70. The second kappa shape index (κ2) is 7.50. The zero-order chi connectivity index (χ0) is 14.4. The Labute approximate surface area is 122 Å². The largest absolute Gasteiger partial charge is 0.389 e. The van der Waals surface area contributed by atoms with Crippen molar-refractivity contribution in [3.63, 3.8) is 0 Å². The fraction of sp³-hybridized carbons (Fsp3) is 0.500. The molecule has 0 fully saturated rings. The molecule has 106 valence electrons. The van der Waals surface area contributed by atoms with Crippen LogP contribution in [0.5, 0.6) is 0 Å². The monoisotopic (exact) mass is 328 g/mol. The SMILES string of the molecule is CCCNC(=O)CN(C)c1cc(Br)ccc1C(C)O. The third-order valence-electron chi connectivity index (χ3n) is 2.81. The van der Waals surface area contributed by atoms with Gasteiger partial charge in [-0.2, -0.15) is 0 Å². The Balaban J connectivity index is 2.83. The van der Waals surface area contributed by atoms with Crippen LogP contribution in [0.4, 0.5) is 5.69 Å². The number of benzene rings is 1. The number of aliphatic hydroxyl groups excluding tert-OH is 1. The number of rotatable bonds is 6. The van der Waals surface area contributed by atoms with Crippen molar-refractivity contribution in [1.29, 1.82) is 0 Å². The molecule has 4 nitrogen and oxygen atoms in total. The molecule has 0 radical (unpaired) electrons. The number of nitrogens with one attached hydrogen (secondary N) is 1. The van der Waals surface area contributed by atoms with Crippen LogP contribution in [0.3, 0.4) is 0 Å². The lowest BCUT2D eigenvalue weighted by atomic mass is 10.1. The molecule has 19 heavy (non-hydrogen) atoms. The lowest BCUT2D eigenvalue weighted by Crippen LogP contribution is -2.35. The molecule has 0 spiro atoms. The number of halogens is 1. The first-order chi connectivity index (χ1) is 8.95. The smallest absolute Gasteiger partial charge is 0.239 e. The fourth-order valence-corrected chi connectivity index (χ4v) is 2.17. The third kappa shape index (κ3) is 4.84. The van der Waals surface area contributed by atoms with Gasteiger partial charge in [0.2, 0.25) is 5.91 Å². The summed E-state index contributed by atoms with van der Waals surface area (Å²) in [5.74, 6) is -0.0131. The van der Waals surface area contributed by atoms with Gasteiger partial charge in [-0.25, -0.2) is 0 Å². The second-order valence-corrected chi connectivity index (χ2v) is 5.50. The summed E-state index contributed by atoms with van der Waals surface area (Å²) in [5.41, 5.74) is 1.67. The van der Waals surface area contributed by atoms with E-state index < -0.39 is 6.10 Å². The van der Waals surface area contributed by atoms with Crippen LogP contribution in [0.2, 0.25) is 0 Å². The lowest BCUT2D eigenvalue weighted by molar-refractivity contribution is -0.119. The van der Waals surface area contributed by atoms with E-state index in [0.29, 0.717) is 6.54 Å². The average molecular weight is 329 g/mol. The molecule has 0 bridgehead atoms. The van der Waals surface area contributed by atoms with Gasteiger partial charge in [0.1, 0.15) is 0 Å². The van der Waals surface area contributed by atoms with Gasteiger partial charge in [-0.3, -0.25) is 4.79 Å². The van der Waals surface area contributed by atoms with Gasteiger partial charge in [0.15, 0.2) is 0 Å². The Morgan fingerprint density at radius 2 is 2.21 bits per heavy atom. The molecule has 1 unspecified atom stereocenters. The van der Waals surface area contributed by atoms with E-state index >= 15 is 0 Å². The molecule has 1 rings (SSSR count). The summed E-state index contributed by atoms with van der Waals surface area (Å²) in [5, 5.41) is 12.6. The zero-order valence-corrected chi connectivity index (χ0v) is 13.2. The van der Waals surface area contributed by atoms with E-state index in [1.165, 1.54) is 0 Å². The van der Waals surface area contributed by atoms with Crippen molar-refractivity contribution in [3.05, 3.63) is 28.2 Å². The third-order valence-corrected chi connectivity index (χ3v) is 3.30. The molecule has 1 amide bonds. The van der Waals surface area contributed by atoms with Crippen molar-refractivity contribution in [1.82, 2.24) is 5.32 Å². The first kappa shape index (κ1) is 16.0. The van der Waals surface area contributed by atoms with Crippen molar-refractivity contribution in [2.45, 2.75) is 26.4 Å². The summed E-state index contributed by atoms with van der Waals surface area (Å²) in [7, 11) is 1.85. The number of amides is 1. The minimum absolute atomic E-state index is 0.0131. The van der Waals surface area contributed by atoms with Crippen LogP contribution in [0.15, 0.2) is 22.7 Å². The Bertz CT molecular complexity index is 435. The maximum Gasteiger partial charge on any atom is 0.239 e. The summed E-state index contributed by atoms with van der Waals surface area (Å²) < 4.78 is 0.924. The molecule has 0 aliphatic rings. The van der Waals surface area contributed by atoms with Crippen molar-refractivity contribution >= 4 is 27.5 Å². The summed E-state index contributed by atoms with van der Waals surface area (Å²) in [6, 6.07) is 5.66. The number of hydrogen-bond acceptors (Lipinski definition) is 3. The molecular weight excluding hydrogens is 308 g/mol. The maximum absolute atomic E-state index is 11.7. The molecule has 0 saturated heterocycles. The van der Waals surface area contributed by atoms with E-state index in [-0.39, 0.29) is 12.5 Å². The fourth-order valence-electron chi connectivity index (χ4n) is 1.82. The summed E-state index contributed by atoms with van der Waals surface area (Å²) in [6.07, 6.45) is 0.356. The van der Waals surface area contributed by atoms with Crippen LogP contribution in [0.1, 0.15) is 31.9 Å². The molecule has 0 aliphatic heterocycles. The van der Waals surface area contributed by atoms with Crippen molar-refractivity contribution in [3.8, 4) is 0 Å². The highest BCUT2D eigenvalue weighted by molar-refractivity contribution is 9.10. The van der Waals surface area contributed by atoms with Crippen molar-refractivity contribution in [2.75, 3.05) is 25.0 Å². The normalized spacial score (nSPS) is 12.1. The molecule has 2 N–H and O–H groups in total. The number of hydrogen-bond donors (Lipinski definition) is 2. The second-order valence-electron chi connectivity index (χ2n) is 4.59. The maximum atomic E-state index is 11.7. The minimum atomic E-state index is -0.566. The first-order valence-electron chi connectivity index (χ1n) is 6.41. The van der Waals surface area contributed by atoms with Crippen LogP contribution >= 0.6 is 15.9 Å². The van der Waals surface area contributed by atoms with Gasteiger partial charge >= 0.3 is 0 Å². The first-order valence-corrected chi connectivity index (χ1v) is 7.20. The van der Waals surface area contributed by atoms with Gasteiger partial charge < -0.3 is 15.3 Å². The van der Waals surface area contributed by atoms with E-state index in [1.807, 2.05) is 37.1 Å². The highest BCUT2D eigenvalue weighted by Gasteiger charge is 2.14. The quantitative estimate of drug-likeness (QED) is 0.843. The number of carbonyl (C=O) groups excluding carboxylic acids is 1. The van der Waals surface area contributed by atoms with Crippen molar-refractivity contribution < 1.29 is 9.90 Å². The summed E-state index contributed by atoms with van der Waals surface area (Å²) in [4.78, 5) is 13.6. The zero-order valence-electron chi connectivity index (χ0n) is 11.6. The van der Waals surface area contributed by atoms with Gasteiger partial charge in [-0.05, 0) is 25.5 Å². The van der Waals surface area contributed by atoms with Crippen LogP contribution in [-0.4, -0.2) is 31.2 Å². The Kier molecular flexibility index (Phi) is 6.31. The molecule has 1 aromatic rings. The number of likely N-dealkylation sites (N-methyl/N-ethyl adjacent to an activating group) is 1. The molecular formula is C14H21BrN2O2. The molecule has 0 saturated carbocycles. The van der Waals surface area contributed by atoms with Crippen LogP contribution < -0.4 is 10.2 Å². The Morgan fingerprint density at radius 3 is 2.79 bits per heavy atom. The molecule has 0 aromatic heterocycles. The average Bonchev–Trinajstić information content (AvgIpc) is 2.35. The molecule has 5 heteroatoms. The van der Waals surface area contributed by atoms with E-state index in [2.05, 4.69) is 21.2 Å². The lowest BCUT2D eigenvalue weighted by Gasteiger charge is -2.23. The standard InChI is InChI=1S/C14H21BrN2O2/c1-4-7-16-14(19)9-17(3)13-8-11(15)5-6-12(13)10(2)18/h5-6,8,10,18H,4,7,9H2,1-3H3,(H,16,19). The summed E-state index contributed by atoms with van der Waals surface area (Å²) >= 11 is 3.41. The van der Waals surface area contributed by atoms with Crippen LogP contribution in [0, 0.1) is 0 Å².